The average molecular weight is 272 g/mol. The molecule has 0 amide bonds. The Morgan fingerprint density at radius 3 is 2.00 bits per heavy atom. The molecule has 0 atom stereocenters. The first kappa shape index (κ1) is 14.3. The molecule has 0 aromatic carbocycles. The fraction of sp³-hybridized carbons (Fsp3) is 0.714. The molecule has 2 rings (SSSR count). The Kier molecular flexibility index (Phi) is 3.35. The van der Waals surface area contributed by atoms with Crippen molar-refractivity contribution in [2.24, 2.45) is 0 Å². The average Bonchev–Trinajstić information content (AvgIpc) is 3.08. The molecular weight excluding hydrogens is 253 g/mol. The van der Waals surface area contributed by atoms with Crippen LogP contribution < -0.4 is 0 Å². The first-order valence-corrected chi connectivity index (χ1v) is 6.64. The monoisotopic (exact) mass is 272 g/mol. The van der Waals surface area contributed by atoms with Gasteiger partial charge in [-0.15, -0.1) is 0 Å². The Hall–Kier alpha value is -1.13. The zero-order chi connectivity index (χ0) is 14.4. The molecule has 0 aliphatic heterocycles. The quantitative estimate of drug-likeness (QED) is 0.819. The van der Waals surface area contributed by atoms with Gasteiger partial charge in [0.15, 0.2) is 0 Å². The Balaban J connectivity index is 2.57. The van der Waals surface area contributed by atoms with Gasteiger partial charge >= 0.3 is 6.18 Å². The van der Waals surface area contributed by atoms with Crippen molar-refractivity contribution >= 4 is 0 Å². The van der Waals surface area contributed by atoms with Crippen LogP contribution >= 0.6 is 0 Å². The van der Waals surface area contributed by atoms with Crippen molar-refractivity contribution in [3.8, 4) is 0 Å². The summed E-state index contributed by atoms with van der Waals surface area (Å²) in [6, 6.07) is 1.62. The van der Waals surface area contributed by atoms with Crippen LogP contribution in [0.2, 0.25) is 0 Å². The highest BCUT2D eigenvalue weighted by Crippen LogP contribution is 2.60. The third kappa shape index (κ3) is 2.35. The van der Waals surface area contributed by atoms with Crippen LogP contribution in [0, 0.1) is 0 Å². The lowest BCUT2D eigenvalue weighted by Crippen LogP contribution is -2.31. The van der Waals surface area contributed by atoms with Gasteiger partial charge in [-0.2, -0.15) is 23.4 Å². The molecule has 0 unspecified atom stereocenters. The van der Waals surface area contributed by atoms with E-state index in [1.807, 2.05) is 27.7 Å². The molecule has 1 aromatic heterocycles. The van der Waals surface area contributed by atoms with Crippen LogP contribution in [0.5, 0.6) is 0 Å². The van der Waals surface area contributed by atoms with E-state index in [9.17, 15) is 13.2 Å². The van der Waals surface area contributed by atoms with E-state index < -0.39 is 11.6 Å². The number of nitrogens with zero attached hydrogens (tertiary/aromatic N) is 2. The fourth-order valence-electron chi connectivity index (χ4n) is 2.34. The lowest BCUT2D eigenvalue weighted by Gasteiger charge is -2.24. The maximum atomic E-state index is 13.3. The molecule has 0 saturated heterocycles. The third-order valence-corrected chi connectivity index (χ3v) is 3.79. The maximum absolute atomic E-state index is 13.3. The van der Waals surface area contributed by atoms with Gasteiger partial charge in [-0.05, 0) is 36.3 Å². The minimum absolute atomic E-state index is 0.0523. The van der Waals surface area contributed by atoms with Crippen LogP contribution in [0.3, 0.4) is 0 Å². The lowest BCUT2D eigenvalue weighted by atomic mass is 9.89. The van der Waals surface area contributed by atoms with Crippen LogP contribution in [-0.2, 0) is 5.41 Å². The SMILES string of the molecule is CC(C)c1cc(C2(C(F)(F)F)CC2)c(C(C)C)nn1. The van der Waals surface area contributed by atoms with Crippen LogP contribution in [0.25, 0.3) is 0 Å². The molecule has 1 aliphatic carbocycles. The molecule has 106 valence electrons. The second-order valence-electron chi connectivity index (χ2n) is 5.96. The highest BCUT2D eigenvalue weighted by atomic mass is 19.4. The normalized spacial score (nSPS) is 18.2. The minimum atomic E-state index is -4.20. The molecule has 0 spiro atoms. The second kappa shape index (κ2) is 4.46. The van der Waals surface area contributed by atoms with Crippen LogP contribution in [-0.4, -0.2) is 16.4 Å². The molecule has 1 aliphatic rings. The molecular formula is C14H19F3N2. The smallest absolute Gasteiger partial charge is 0.170 e. The molecule has 5 heteroatoms. The van der Waals surface area contributed by atoms with Crippen molar-refractivity contribution in [2.75, 3.05) is 0 Å². The fourth-order valence-corrected chi connectivity index (χ4v) is 2.34. The summed E-state index contributed by atoms with van der Waals surface area (Å²) in [5.74, 6) is 0.0278. The summed E-state index contributed by atoms with van der Waals surface area (Å²) in [7, 11) is 0. The van der Waals surface area contributed by atoms with Gasteiger partial charge in [0.2, 0.25) is 0 Å². The van der Waals surface area contributed by atoms with Gasteiger partial charge in [0.1, 0.15) is 0 Å². The van der Waals surface area contributed by atoms with Crippen molar-refractivity contribution in [1.29, 1.82) is 0 Å². The topological polar surface area (TPSA) is 25.8 Å². The molecule has 0 N–H and O–H groups in total. The van der Waals surface area contributed by atoms with Crippen molar-refractivity contribution in [3.05, 3.63) is 23.0 Å². The number of aromatic nitrogens is 2. The third-order valence-electron chi connectivity index (χ3n) is 3.79. The number of hydrogen-bond donors (Lipinski definition) is 0. The maximum Gasteiger partial charge on any atom is 0.398 e. The lowest BCUT2D eigenvalue weighted by molar-refractivity contribution is -0.160. The highest BCUT2D eigenvalue weighted by molar-refractivity contribution is 5.39. The summed E-state index contributed by atoms with van der Waals surface area (Å²) in [5, 5.41) is 8.14. The van der Waals surface area contributed by atoms with Crippen LogP contribution in [0.1, 0.15) is 69.3 Å². The van der Waals surface area contributed by atoms with Crippen molar-refractivity contribution in [2.45, 2.75) is 64.0 Å². The van der Waals surface area contributed by atoms with Gasteiger partial charge in [0.05, 0.1) is 16.8 Å². The van der Waals surface area contributed by atoms with E-state index >= 15 is 0 Å². The van der Waals surface area contributed by atoms with E-state index in [2.05, 4.69) is 10.2 Å². The summed E-state index contributed by atoms with van der Waals surface area (Å²) < 4.78 is 39.9. The molecule has 2 nitrogen and oxygen atoms in total. The Morgan fingerprint density at radius 1 is 1.05 bits per heavy atom. The van der Waals surface area contributed by atoms with E-state index in [1.54, 1.807) is 6.07 Å². The van der Waals surface area contributed by atoms with E-state index in [0.29, 0.717) is 17.0 Å². The summed E-state index contributed by atoms with van der Waals surface area (Å²) in [4.78, 5) is 0. The van der Waals surface area contributed by atoms with Crippen molar-refractivity contribution in [3.63, 3.8) is 0 Å². The summed E-state index contributed by atoms with van der Waals surface area (Å²) in [6.45, 7) is 7.54. The van der Waals surface area contributed by atoms with Crippen LogP contribution in [0.15, 0.2) is 6.07 Å². The molecule has 1 fully saturated rings. The zero-order valence-electron chi connectivity index (χ0n) is 11.7. The summed E-state index contributed by atoms with van der Waals surface area (Å²) in [6.07, 6.45) is -3.87. The van der Waals surface area contributed by atoms with Crippen LogP contribution in [0.4, 0.5) is 13.2 Å². The first-order valence-electron chi connectivity index (χ1n) is 6.64. The molecule has 1 aromatic rings. The minimum Gasteiger partial charge on any atom is -0.170 e. The largest absolute Gasteiger partial charge is 0.398 e. The van der Waals surface area contributed by atoms with Gasteiger partial charge in [-0.25, -0.2) is 0 Å². The van der Waals surface area contributed by atoms with E-state index in [4.69, 9.17) is 0 Å². The van der Waals surface area contributed by atoms with E-state index in [-0.39, 0.29) is 24.7 Å². The highest BCUT2D eigenvalue weighted by Gasteiger charge is 2.65. The molecule has 0 radical (unpaired) electrons. The van der Waals surface area contributed by atoms with Crippen molar-refractivity contribution in [1.82, 2.24) is 10.2 Å². The number of alkyl halides is 3. The summed E-state index contributed by atoms with van der Waals surface area (Å²) in [5.41, 5.74) is -0.213. The van der Waals surface area contributed by atoms with E-state index in [0.717, 1.165) is 0 Å². The Bertz CT molecular complexity index is 474. The van der Waals surface area contributed by atoms with Gasteiger partial charge in [-0.1, -0.05) is 27.7 Å². The molecule has 1 saturated carbocycles. The number of rotatable bonds is 3. The predicted molar refractivity (Wildman–Crippen MR) is 67.2 cm³/mol. The zero-order valence-corrected chi connectivity index (χ0v) is 11.7. The standard InChI is InChI=1S/C14H19F3N2/c1-8(2)11-7-10(12(9(3)4)19-18-11)13(5-6-13)14(15,16)17/h7-9H,5-6H2,1-4H3. The van der Waals surface area contributed by atoms with Gasteiger partial charge in [0, 0.05) is 0 Å². The number of halogens is 3. The predicted octanol–water partition coefficient (Wildman–Crippen LogP) is 4.32. The Morgan fingerprint density at radius 2 is 1.63 bits per heavy atom. The van der Waals surface area contributed by atoms with Gasteiger partial charge in [0.25, 0.3) is 0 Å². The molecule has 0 bridgehead atoms. The number of hydrogen-bond acceptors (Lipinski definition) is 2. The Labute approximate surface area is 111 Å². The van der Waals surface area contributed by atoms with Gasteiger partial charge in [-0.3, -0.25) is 0 Å². The molecule has 19 heavy (non-hydrogen) atoms. The van der Waals surface area contributed by atoms with E-state index in [1.165, 1.54) is 0 Å². The van der Waals surface area contributed by atoms with Gasteiger partial charge < -0.3 is 0 Å². The second-order valence-corrected chi connectivity index (χ2v) is 5.96. The first-order chi connectivity index (χ1) is 8.69. The van der Waals surface area contributed by atoms with Crippen molar-refractivity contribution < 1.29 is 13.2 Å². The molecule has 1 heterocycles. The summed E-state index contributed by atoms with van der Waals surface area (Å²) >= 11 is 0.